The fourth-order valence-corrected chi connectivity index (χ4v) is 0.401. The molecule has 0 radical (unpaired) electrons. The minimum Gasteiger partial charge on any atom is -0.444 e. The van der Waals surface area contributed by atoms with Gasteiger partial charge in [0.2, 0.25) is 0 Å². The average Bonchev–Trinajstić information content (AvgIpc) is 2.04. The number of carbonyl (C=O) groups excluding carboxylic acids is 1. The number of hydrogen-bond donors (Lipinski definition) is 2. The summed E-state index contributed by atoms with van der Waals surface area (Å²) in [5.41, 5.74) is 1.34. The molecule has 0 aromatic carbocycles. The number of allylic oxidation sites excluding steroid dienone is 3. The number of amides is 1. The number of hydroxylamine groups is 1. The number of ether oxygens (including phenoxy) is 1. The summed E-state index contributed by atoms with van der Waals surface area (Å²) in [5, 5.41) is 7.97. The van der Waals surface area contributed by atoms with Crippen LogP contribution in [0.2, 0.25) is 0 Å². The van der Waals surface area contributed by atoms with Crippen molar-refractivity contribution in [2.75, 3.05) is 6.61 Å². The molecule has 2 N–H and O–H groups in total. The highest BCUT2D eigenvalue weighted by atomic mass is 16.6. The van der Waals surface area contributed by atoms with Crippen LogP contribution in [0.5, 0.6) is 0 Å². The Morgan fingerprint density at radius 1 is 1.64 bits per heavy atom. The summed E-state index contributed by atoms with van der Waals surface area (Å²) in [4.78, 5) is 10.2. The third-order valence-electron chi connectivity index (χ3n) is 0.842. The third-order valence-corrected chi connectivity index (χ3v) is 0.842. The molecular weight excluding hydrogens is 146 g/mol. The Kier molecular flexibility index (Phi) is 6.02. The van der Waals surface area contributed by atoms with E-state index >= 15 is 0 Å². The molecule has 0 aliphatic heterocycles. The van der Waals surface area contributed by atoms with E-state index in [-0.39, 0.29) is 6.61 Å². The van der Waals surface area contributed by atoms with Gasteiger partial charge in [-0.1, -0.05) is 18.2 Å². The smallest absolute Gasteiger partial charge is 0.431 e. The Labute approximate surface area is 65.1 Å². The summed E-state index contributed by atoms with van der Waals surface area (Å²) in [7, 11) is 0. The van der Waals surface area contributed by atoms with Crippen LogP contribution in [0.25, 0.3) is 0 Å². The average molecular weight is 157 g/mol. The monoisotopic (exact) mass is 157 g/mol. The van der Waals surface area contributed by atoms with E-state index in [0.29, 0.717) is 0 Å². The molecule has 4 heteroatoms. The van der Waals surface area contributed by atoms with Crippen molar-refractivity contribution in [3.8, 4) is 0 Å². The molecule has 0 heterocycles. The molecule has 0 aromatic rings. The lowest BCUT2D eigenvalue weighted by Crippen LogP contribution is -2.19. The van der Waals surface area contributed by atoms with Crippen LogP contribution in [0.1, 0.15) is 6.92 Å². The highest BCUT2D eigenvalue weighted by Gasteiger charge is 1.92. The van der Waals surface area contributed by atoms with Gasteiger partial charge >= 0.3 is 6.09 Å². The Bertz CT molecular complexity index is 163. The molecular formula is C7H11NO3. The zero-order chi connectivity index (χ0) is 8.53. The lowest BCUT2D eigenvalue weighted by Gasteiger charge is -1.96. The summed E-state index contributed by atoms with van der Waals surface area (Å²) in [6, 6.07) is 0. The Morgan fingerprint density at radius 3 is 2.91 bits per heavy atom. The molecule has 0 saturated heterocycles. The molecule has 4 nitrogen and oxygen atoms in total. The molecule has 0 bridgehead atoms. The lowest BCUT2D eigenvalue weighted by molar-refractivity contribution is 0.0969. The second kappa shape index (κ2) is 6.82. The van der Waals surface area contributed by atoms with Crippen LogP contribution in [0, 0.1) is 0 Å². The van der Waals surface area contributed by atoms with Crippen LogP contribution >= 0.6 is 0 Å². The van der Waals surface area contributed by atoms with Gasteiger partial charge < -0.3 is 4.74 Å². The lowest BCUT2D eigenvalue weighted by atomic mass is 10.4. The van der Waals surface area contributed by atoms with Crippen LogP contribution in [-0.2, 0) is 4.74 Å². The molecule has 0 fully saturated rings. The maximum absolute atomic E-state index is 10.2. The topological polar surface area (TPSA) is 58.6 Å². The molecule has 0 aromatic heterocycles. The minimum atomic E-state index is -0.852. The van der Waals surface area contributed by atoms with Gasteiger partial charge in [-0.25, -0.2) is 10.3 Å². The van der Waals surface area contributed by atoms with Crippen LogP contribution in [0.15, 0.2) is 24.3 Å². The Morgan fingerprint density at radius 2 is 2.36 bits per heavy atom. The van der Waals surface area contributed by atoms with Crippen molar-refractivity contribution >= 4 is 6.09 Å². The molecule has 0 unspecified atom stereocenters. The summed E-state index contributed by atoms with van der Waals surface area (Å²) >= 11 is 0. The second-order valence-electron chi connectivity index (χ2n) is 1.66. The van der Waals surface area contributed by atoms with E-state index in [1.54, 1.807) is 18.2 Å². The number of rotatable bonds is 3. The van der Waals surface area contributed by atoms with Gasteiger partial charge in [-0.15, -0.1) is 0 Å². The van der Waals surface area contributed by atoms with Gasteiger partial charge in [-0.05, 0) is 13.0 Å². The van der Waals surface area contributed by atoms with E-state index in [9.17, 15) is 4.79 Å². The molecule has 0 aliphatic carbocycles. The zero-order valence-corrected chi connectivity index (χ0v) is 6.28. The maximum atomic E-state index is 10.2. The van der Waals surface area contributed by atoms with Crippen molar-refractivity contribution in [2.45, 2.75) is 6.92 Å². The van der Waals surface area contributed by atoms with Crippen molar-refractivity contribution in [3.63, 3.8) is 0 Å². The number of hydrogen-bond acceptors (Lipinski definition) is 3. The summed E-state index contributed by atoms with van der Waals surface area (Å²) < 4.78 is 4.42. The largest absolute Gasteiger partial charge is 0.444 e. The highest BCUT2D eigenvalue weighted by Crippen LogP contribution is 1.80. The first kappa shape index (κ1) is 9.71. The van der Waals surface area contributed by atoms with E-state index in [1.807, 2.05) is 13.0 Å². The molecule has 0 rings (SSSR count). The van der Waals surface area contributed by atoms with Crippen LogP contribution in [0.3, 0.4) is 0 Å². The van der Waals surface area contributed by atoms with Crippen molar-refractivity contribution in [2.24, 2.45) is 0 Å². The first-order valence-electron chi connectivity index (χ1n) is 3.16. The molecule has 11 heavy (non-hydrogen) atoms. The van der Waals surface area contributed by atoms with E-state index in [2.05, 4.69) is 4.74 Å². The minimum absolute atomic E-state index is 0.150. The molecule has 0 spiro atoms. The fourth-order valence-electron chi connectivity index (χ4n) is 0.401. The van der Waals surface area contributed by atoms with E-state index in [0.717, 1.165) is 0 Å². The van der Waals surface area contributed by atoms with Crippen molar-refractivity contribution in [3.05, 3.63) is 24.3 Å². The molecule has 0 aliphatic rings. The SMILES string of the molecule is C/C=C/C=C/COC(=O)NO. The van der Waals surface area contributed by atoms with Gasteiger partial charge in [0.05, 0.1) is 0 Å². The Hall–Kier alpha value is -1.29. The predicted molar refractivity (Wildman–Crippen MR) is 40.2 cm³/mol. The van der Waals surface area contributed by atoms with E-state index in [1.165, 1.54) is 5.48 Å². The predicted octanol–water partition coefficient (Wildman–Crippen LogP) is 1.23. The summed E-state index contributed by atoms with van der Waals surface area (Å²) in [5.74, 6) is 0. The second-order valence-corrected chi connectivity index (χ2v) is 1.66. The zero-order valence-electron chi connectivity index (χ0n) is 6.28. The van der Waals surface area contributed by atoms with Crippen molar-refractivity contribution in [1.29, 1.82) is 0 Å². The number of carbonyl (C=O) groups is 1. The van der Waals surface area contributed by atoms with Gasteiger partial charge in [-0.3, -0.25) is 5.21 Å². The van der Waals surface area contributed by atoms with Gasteiger partial charge in [0.15, 0.2) is 0 Å². The third kappa shape index (κ3) is 6.60. The standard InChI is InChI=1S/C7H11NO3/c1-2-3-4-5-6-11-7(9)8-10/h2-5,10H,6H2,1H3,(H,8,9)/b3-2+,5-4+. The quantitative estimate of drug-likeness (QED) is 0.368. The van der Waals surface area contributed by atoms with Gasteiger partial charge in [-0.2, -0.15) is 0 Å². The van der Waals surface area contributed by atoms with Gasteiger partial charge in [0.25, 0.3) is 0 Å². The summed E-state index contributed by atoms with van der Waals surface area (Å²) in [6.45, 7) is 2.03. The normalized spacial score (nSPS) is 10.7. The molecule has 0 saturated carbocycles. The van der Waals surface area contributed by atoms with Crippen molar-refractivity contribution in [1.82, 2.24) is 5.48 Å². The molecule has 1 amide bonds. The maximum Gasteiger partial charge on any atom is 0.431 e. The first-order chi connectivity index (χ1) is 5.31. The van der Waals surface area contributed by atoms with Crippen molar-refractivity contribution < 1.29 is 14.7 Å². The number of nitrogens with one attached hydrogen (secondary N) is 1. The summed E-state index contributed by atoms with van der Waals surface area (Å²) in [6.07, 6.45) is 6.19. The van der Waals surface area contributed by atoms with Crippen LogP contribution in [-0.4, -0.2) is 17.9 Å². The Balaban J connectivity index is 3.33. The van der Waals surface area contributed by atoms with Crippen LogP contribution < -0.4 is 5.48 Å². The van der Waals surface area contributed by atoms with E-state index in [4.69, 9.17) is 5.21 Å². The van der Waals surface area contributed by atoms with Gasteiger partial charge in [0, 0.05) is 0 Å². The first-order valence-corrected chi connectivity index (χ1v) is 3.16. The van der Waals surface area contributed by atoms with E-state index < -0.39 is 6.09 Å². The highest BCUT2D eigenvalue weighted by molar-refractivity contribution is 5.65. The van der Waals surface area contributed by atoms with Crippen LogP contribution in [0.4, 0.5) is 4.79 Å². The fraction of sp³-hybridized carbons (Fsp3) is 0.286. The van der Waals surface area contributed by atoms with Gasteiger partial charge in [0.1, 0.15) is 6.61 Å². The molecule has 62 valence electrons. The molecule has 0 atom stereocenters.